The first-order chi connectivity index (χ1) is 10.2. The van der Waals surface area contributed by atoms with Gasteiger partial charge < -0.3 is 25.1 Å². The van der Waals surface area contributed by atoms with Gasteiger partial charge in [0.05, 0.1) is 21.3 Å². The van der Waals surface area contributed by atoms with Crippen molar-refractivity contribution in [3.8, 4) is 17.2 Å². The summed E-state index contributed by atoms with van der Waals surface area (Å²) in [5, 5.41) is 9.14. The zero-order valence-electron chi connectivity index (χ0n) is 13.8. The summed E-state index contributed by atoms with van der Waals surface area (Å²) in [6.07, 6.45) is 0.942. The molecule has 2 unspecified atom stereocenters. The fourth-order valence-corrected chi connectivity index (χ4v) is 2.51. The zero-order chi connectivity index (χ0) is 16.9. The van der Waals surface area contributed by atoms with Gasteiger partial charge in [-0.1, -0.05) is 6.92 Å². The van der Waals surface area contributed by atoms with Crippen molar-refractivity contribution < 1.29 is 24.1 Å². The highest BCUT2D eigenvalue weighted by Gasteiger charge is 2.30. The minimum Gasteiger partial charge on any atom is -0.496 e. The van der Waals surface area contributed by atoms with E-state index in [9.17, 15) is 4.79 Å². The molecule has 0 aliphatic carbocycles. The van der Waals surface area contributed by atoms with Gasteiger partial charge in [0.2, 0.25) is 0 Å². The van der Waals surface area contributed by atoms with Crippen LogP contribution in [0.1, 0.15) is 25.8 Å². The van der Waals surface area contributed by atoms with Crippen molar-refractivity contribution in [2.75, 3.05) is 21.3 Å². The molecular weight excluding hydrogens is 286 g/mol. The molecule has 0 bridgehead atoms. The van der Waals surface area contributed by atoms with Gasteiger partial charge in [-0.05, 0) is 25.7 Å². The van der Waals surface area contributed by atoms with Crippen molar-refractivity contribution in [3.05, 3.63) is 17.7 Å². The number of carboxylic acid groups (broad SMARTS) is 1. The van der Waals surface area contributed by atoms with Crippen LogP contribution >= 0.6 is 0 Å². The highest BCUT2D eigenvalue weighted by molar-refractivity contribution is 5.77. The minimum absolute atomic E-state index is 0.0438. The lowest BCUT2D eigenvalue weighted by Crippen LogP contribution is -2.46. The van der Waals surface area contributed by atoms with Gasteiger partial charge in [-0.3, -0.25) is 4.79 Å². The predicted octanol–water partition coefficient (Wildman–Crippen LogP) is 2.08. The van der Waals surface area contributed by atoms with Crippen molar-refractivity contribution in [2.24, 2.45) is 11.7 Å². The molecule has 0 fully saturated rings. The fraction of sp³-hybridized carbons (Fsp3) is 0.562. The summed E-state index contributed by atoms with van der Waals surface area (Å²) >= 11 is 0. The molecule has 0 spiro atoms. The Bertz CT molecular complexity index is 502. The lowest BCUT2D eigenvalue weighted by Gasteiger charge is -2.24. The van der Waals surface area contributed by atoms with Gasteiger partial charge in [0, 0.05) is 17.7 Å². The molecule has 0 amide bonds. The molecule has 0 aliphatic heterocycles. The lowest BCUT2D eigenvalue weighted by atomic mass is 9.86. The van der Waals surface area contributed by atoms with Crippen LogP contribution in [0.2, 0.25) is 0 Å². The van der Waals surface area contributed by atoms with Crippen LogP contribution in [0, 0.1) is 5.92 Å². The summed E-state index contributed by atoms with van der Waals surface area (Å²) in [4.78, 5) is 11.1. The summed E-state index contributed by atoms with van der Waals surface area (Å²) in [6, 6.07) is 3.56. The molecule has 3 N–H and O–H groups in total. The van der Waals surface area contributed by atoms with E-state index in [1.54, 1.807) is 33.5 Å². The summed E-state index contributed by atoms with van der Waals surface area (Å²) in [5.41, 5.74) is 5.44. The van der Waals surface area contributed by atoms with Crippen LogP contribution < -0.4 is 19.9 Å². The first-order valence-electron chi connectivity index (χ1n) is 7.06. The van der Waals surface area contributed by atoms with Crippen molar-refractivity contribution in [1.82, 2.24) is 0 Å². The van der Waals surface area contributed by atoms with Crippen LogP contribution in [-0.4, -0.2) is 37.9 Å². The number of hydrogen-bond donors (Lipinski definition) is 2. The SMILES string of the molecule is COc1cc(OC)c(CC(C)CC(C)(N)C(=O)O)c(OC)c1. The monoisotopic (exact) mass is 311 g/mol. The van der Waals surface area contributed by atoms with E-state index in [1.165, 1.54) is 6.92 Å². The molecule has 0 aliphatic rings. The van der Waals surface area contributed by atoms with Crippen molar-refractivity contribution in [3.63, 3.8) is 0 Å². The largest absolute Gasteiger partial charge is 0.496 e. The molecule has 6 nitrogen and oxygen atoms in total. The smallest absolute Gasteiger partial charge is 0.323 e. The normalized spacial score (nSPS) is 14.8. The average molecular weight is 311 g/mol. The van der Waals surface area contributed by atoms with E-state index < -0.39 is 11.5 Å². The highest BCUT2D eigenvalue weighted by atomic mass is 16.5. The minimum atomic E-state index is -1.26. The number of benzene rings is 1. The third-order valence-electron chi connectivity index (χ3n) is 3.63. The molecule has 22 heavy (non-hydrogen) atoms. The van der Waals surface area contributed by atoms with E-state index in [1.807, 2.05) is 6.92 Å². The average Bonchev–Trinajstić information content (AvgIpc) is 2.46. The number of rotatable bonds is 8. The topological polar surface area (TPSA) is 91.0 Å². The van der Waals surface area contributed by atoms with Gasteiger partial charge in [0.15, 0.2) is 0 Å². The number of methoxy groups -OCH3 is 3. The van der Waals surface area contributed by atoms with Gasteiger partial charge in [-0.15, -0.1) is 0 Å². The Morgan fingerprint density at radius 3 is 2.09 bits per heavy atom. The third-order valence-corrected chi connectivity index (χ3v) is 3.63. The Balaban J connectivity index is 3.03. The maximum Gasteiger partial charge on any atom is 0.323 e. The maximum absolute atomic E-state index is 11.1. The van der Waals surface area contributed by atoms with Crippen molar-refractivity contribution in [2.45, 2.75) is 32.2 Å². The molecular formula is C16H25NO5. The number of nitrogens with two attached hydrogens (primary N) is 1. The molecule has 0 radical (unpaired) electrons. The molecule has 0 saturated carbocycles. The van der Waals surface area contributed by atoms with Crippen LogP contribution in [0.25, 0.3) is 0 Å². The summed E-state index contributed by atoms with van der Waals surface area (Å²) in [6.45, 7) is 3.48. The Morgan fingerprint density at radius 2 is 1.73 bits per heavy atom. The molecule has 1 aromatic rings. The van der Waals surface area contributed by atoms with E-state index in [0.717, 1.165) is 5.56 Å². The van der Waals surface area contributed by atoms with Gasteiger partial charge in [0.25, 0.3) is 0 Å². The molecule has 0 saturated heterocycles. The predicted molar refractivity (Wildman–Crippen MR) is 83.8 cm³/mol. The molecule has 0 heterocycles. The second-order valence-electron chi connectivity index (χ2n) is 5.75. The van der Waals surface area contributed by atoms with E-state index >= 15 is 0 Å². The van der Waals surface area contributed by atoms with Crippen molar-refractivity contribution in [1.29, 1.82) is 0 Å². The van der Waals surface area contributed by atoms with Crippen LogP contribution in [0.5, 0.6) is 17.2 Å². The van der Waals surface area contributed by atoms with Crippen LogP contribution in [0.3, 0.4) is 0 Å². The van der Waals surface area contributed by atoms with Crippen LogP contribution in [0.4, 0.5) is 0 Å². The van der Waals surface area contributed by atoms with Crippen molar-refractivity contribution >= 4 is 5.97 Å². The second kappa shape index (κ2) is 7.35. The van der Waals surface area contributed by atoms with E-state index in [4.69, 9.17) is 25.1 Å². The van der Waals surface area contributed by atoms with E-state index in [2.05, 4.69) is 0 Å². The Hall–Kier alpha value is -1.95. The van der Waals surface area contributed by atoms with Crippen LogP contribution in [-0.2, 0) is 11.2 Å². The zero-order valence-corrected chi connectivity index (χ0v) is 13.8. The molecule has 124 valence electrons. The Labute approximate surface area is 131 Å². The maximum atomic E-state index is 11.1. The summed E-state index contributed by atoms with van der Waals surface area (Å²) in [7, 11) is 4.72. The highest BCUT2D eigenvalue weighted by Crippen LogP contribution is 2.36. The van der Waals surface area contributed by atoms with Gasteiger partial charge in [-0.2, -0.15) is 0 Å². The first-order valence-corrected chi connectivity index (χ1v) is 7.06. The number of carboxylic acids is 1. The van der Waals surface area contributed by atoms with Gasteiger partial charge in [0.1, 0.15) is 22.8 Å². The first kappa shape index (κ1) is 18.1. The lowest BCUT2D eigenvalue weighted by molar-refractivity contribution is -0.143. The number of hydrogen-bond acceptors (Lipinski definition) is 5. The standard InChI is InChI=1S/C16H25NO5/c1-10(9-16(2,17)15(18)19)6-12-13(21-4)7-11(20-3)8-14(12)22-5/h7-8,10H,6,9,17H2,1-5H3,(H,18,19). The summed E-state index contributed by atoms with van der Waals surface area (Å²) in [5.74, 6) is 0.976. The fourth-order valence-electron chi connectivity index (χ4n) is 2.51. The summed E-state index contributed by atoms with van der Waals surface area (Å²) < 4.78 is 16.0. The number of ether oxygens (including phenoxy) is 3. The molecule has 0 aromatic heterocycles. The third kappa shape index (κ3) is 4.27. The molecule has 6 heteroatoms. The Kier molecular flexibility index (Phi) is 6.05. The second-order valence-corrected chi connectivity index (χ2v) is 5.75. The van der Waals surface area contributed by atoms with Crippen LogP contribution in [0.15, 0.2) is 12.1 Å². The quantitative estimate of drug-likeness (QED) is 0.764. The molecule has 1 rings (SSSR count). The molecule has 1 aromatic carbocycles. The Morgan fingerprint density at radius 1 is 1.23 bits per heavy atom. The van der Waals surface area contributed by atoms with Gasteiger partial charge >= 0.3 is 5.97 Å². The van der Waals surface area contributed by atoms with Gasteiger partial charge in [-0.25, -0.2) is 0 Å². The van der Waals surface area contributed by atoms with E-state index in [0.29, 0.717) is 30.1 Å². The molecule has 2 atom stereocenters. The number of carbonyl (C=O) groups is 1. The number of aliphatic carboxylic acids is 1. The van der Waals surface area contributed by atoms with E-state index in [-0.39, 0.29) is 5.92 Å².